The summed E-state index contributed by atoms with van der Waals surface area (Å²) in [5, 5.41) is 5.87. The summed E-state index contributed by atoms with van der Waals surface area (Å²) in [5.41, 5.74) is 8.06. The number of hydrogen-bond acceptors (Lipinski definition) is 3. The van der Waals surface area contributed by atoms with Crippen molar-refractivity contribution in [2.24, 2.45) is 5.11 Å². The van der Waals surface area contributed by atoms with Crippen LogP contribution in [0.5, 0.6) is 0 Å². The number of imide groups is 1. The van der Waals surface area contributed by atoms with Crippen LogP contribution < -0.4 is 5.32 Å². The van der Waals surface area contributed by atoms with Crippen molar-refractivity contribution in [3.8, 4) is 0 Å². The van der Waals surface area contributed by atoms with Crippen LogP contribution in [0.25, 0.3) is 10.4 Å². The van der Waals surface area contributed by atoms with Gasteiger partial charge in [-0.3, -0.25) is 9.69 Å². The first kappa shape index (κ1) is 11.3. The second kappa shape index (κ2) is 5.21. The third-order valence-electron chi connectivity index (χ3n) is 2.17. The van der Waals surface area contributed by atoms with Gasteiger partial charge in [-0.2, -0.15) is 0 Å². The fourth-order valence-electron chi connectivity index (χ4n) is 1.46. The summed E-state index contributed by atoms with van der Waals surface area (Å²) in [6.07, 6.45) is 1.48. The Kier molecular flexibility index (Phi) is 3.93. The first-order chi connectivity index (χ1) is 7.20. The van der Waals surface area contributed by atoms with E-state index in [9.17, 15) is 9.59 Å². The van der Waals surface area contributed by atoms with Gasteiger partial charge in [-0.05, 0) is 12.0 Å². The van der Waals surface area contributed by atoms with Gasteiger partial charge in [0, 0.05) is 18.0 Å². The molecule has 1 N–H and O–H groups in total. The quantitative estimate of drug-likeness (QED) is 0.318. The van der Waals surface area contributed by atoms with Gasteiger partial charge in [0.25, 0.3) is 5.91 Å². The summed E-state index contributed by atoms with van der Waals surface area (Å²) < 4.78 is 0. The Morgan fingerprint density at radius 1 is 1.60 bits per heavy atom. The lowest BCUT2D eigenvalue weighted by Crippen LogP contribution is -2.33. The van der Waals surface area contributed by atoms with E-state index in [0.29, 0.717) is 6.42 Å². The van der Waals surface area contributed by atoms with Crippen molar-refractivity contribution in [3.63, 3.8) is 0 Å². The Bertz CT molecular complexity index is 310. The van der Waals surface area contributed by atoms with Gasteiger partial charge in [0.15, 0.2) is 0 Å². The molecule has 0 radical (unpaired) electrons. The zero-order chi connectivity index (χ0) is 11.3. The average Bonchev–Trinajstić information content (AvgIpc) is 2.46. The monoisotopic (exact) mass is 211 g/mol. The van der Waals surface area contributed by atoms with Crippen molar-refractivity contribution < 1.29 is 9.59 Å². The Morgan fingerprint density at radius 3 is 2.93 bits per heavy atom. The van der Waals surface area contributed by atoms with E-state index in [1.165, 1.54) is 0 Å². The third-order valence-corrected chi connectivity index (χ3v) is 2.17. The first-order valence-corrected chi connectivity index (χ1v) is 4.83. The van der Waals surface area contributed by atoms with Crippen molar-refractivity contribution in [1.82, 2.24) is 10.2 Å². The first-order valence-electron chi connectivity index (χ1n) is 4.83. The average molecular weight is 211 g/mol. The molecule has 1 atom stereocenters. The van der Waals surface area contributed by atoms with Crippen LogP contribution in [0.3, 0.4) is 0 Å². The van der Waals surface area contributed by atoms with Gasteiger partial charge in [0.1, 0.15) is 6.04 Å². The zero-order valence-electron chi connectivity index (χ0n) is 8.51. The summed E-state index contributed by atoms with van der Waals surface area (Å²) >= 11 is 0. The minimum Gasteiger partial charge on any atom is -0.326 e. The lowest BCUT2D eigenvalue weighted by atomic mass is 10.2. The van der Waals surface area contributed by atoms with Crippen LogP contribution >= 0.6 is 0 Å². The predicted molar refractivity (Wildman–Crippen MR) is 53.0 cm³/mol. The fraction of sp³-hybridized carbons (Fsp3) is 0.750. The number of urea groups is 1. The van der Waals surface area contributed by atoms with Crippen LogP contribution in [0.15, 0.2) is 5.11 Å². The molecular weight excluding hydrogens is 198 g/mol. The fourth-order valence-corrected chi connectivity index (χ4v) is 1.46. The SMILES string of the molecule is CCCC1NC(=O)N(CCN=[N+]=[N-])C1=O. The number of rotatable bonds is 5. The minimum absolute atomic E-state index is 0.120. The molecule has 0 bridgehead atoms. The van der Waals surface area contributed by atoms with E-state index >= 15 is 0 Å². The van der Waals surface area contributed by atoms with Crippen molar-refractivity contribution in [2.45, 2.75) is 25.8 Å². The maximum absolute atomic E-state index is 11.6. The van der Waals surface area contributed by atoms with Crippen LogP contribution in [-0.4, -0.2) is 36.0 Å². The molecule has 3 amide bonds. The van der Waals surface area contributed by atoms with Crippen LogP contribution in [0.1, 0.15) is 19.8 Å². The van der Waals surface area contributed by atoms with Crippen LogP contribution in [0.2, 0.25) is 0 Å². The Hall–Kier alpha value is -1.75. The summed E-state index contributed by atoms with van der Waals surface area (Å²) in [4.78, 5) is 26.6. The smallest absolute Gasteiger partial charge is 0.324 e. The second-order valence-electron chi connectivity index (χ2n) is 3.24. The highest BCUT2D eigenvalue weighted by Crippen LogP contribution is 2.10. The van der Waals surface area contributed by atoms with E-state index in [0.717, 1.165) is 11.3 Å². The summed E-state index contributed by atoms with van der Waals surface area (Å²) in [6.45, 7) is 2.21. The summed E-state index contributed by atoms with van der Waals surface area (Å²) in [6, 6.07) is -0.805. The molecule has 0 spiro atoms. The number of hydrogen-bond donors (Lipinski definition) is 1. The number of nitrogens with one attached hydrogen (secondary N) is 1. The molecule has 0 aromatic heterocycles. The molecule has 82 valence electrons. The molecule has 0 aromatic carbocycles. The Morgan fingerprint density at radius 2 is 2.33 bits per heavy atom. The lowest BCUT2D eigenvalue weighted by molar-refractivity contribution is -0.127. The molecule has 1 aliphatic heterocycles. The van der Waals surface area contributed by atoms with Crippen LogP contribution in [-0.2, 0) is 4.79 Å². The molecular formula is C8H13N5O2. The highest BCUT2D eigenvalue weighted by atomic mass is 16.2. The van der Waals surface area contributed by atoms with E-state index in [1.807, 2.05) is 6.92 Å². The molecule has 1 unspecified atom stereocenters. The molecule has 1 aliphatic rings. The molecule has 1 saturated heterocycles. The van der Waals surface area contributed by atoms with Gasteiger partial charge in [0.2, 0.25) is 0 Å². The second-order valence-corrected chi connectivity index (χ2v) is 3.24. The largest absolute Gasteiger partial charge is 0.326 e. The number of carbonyl (C=O) groups excluding carboxylic acids is 2. The topological polar surface area (TPSA) is 98.2 Å². The van der Waals surface area contributed by atoms with E-state index in [4.69, 9.17) is 5.53 Å². The van der Waals surface area contributed by atoms with Crippen molar-refractivity contribution in [2.75, 3.05) is 13.1 Å². The highest BCUT2D eigenvalue weighted by molar-refractivity contribution is 6.04. The minimum atomic E-state index is -0.409. The molecule has 1 heterocycles. The number of amides is 3. The Balaban J connectivity index is 2.54. The standard InChI is InChI=1S/C8H13N5O2/c1-2-3-6-7(14)13(8(15)11-6)5-4-10-12-9/h6H,2-5H2,1H3,(H,11,15). The normalized spacial score (nSPS) is 20.1. The number of nitrogens with zero attached hydrogens (tertiary/aromatic N) is 4. The molecule has 1 rings (SSSR count). The third kappa shape index (κ3) is 2.60. The van der Waals surface area contributed by atoms with Crippen molar-refractivity contribution >= 4 is 11.9 Å². The van der Waals surface area contributed by atoms with Gasteiger partial charge in [-0.25, -0.2) is 4.79 Å². The molecule has 0 saturated carbocycles. The van der Waals surface area contributed by atoms with E-state index < -0.39 is 12.1 Å². The summed E-state index contributed by atoms with van der Waals surface area (Å²) in [7, 11) is 0. The molecule has 0 aromatic rings. The zero-order valence-corrected chi connectivity index (χ0v) is 8.51. The maximum Gasteiger partial charge on any atom is 0.324 e. The van der Waals surface area contributed by atoms with Crippen LogP contribution in [0, 0.1) is 0 Å². The van der Waals surface area contributed by atoms with E-state index in [1.54, 1.807) is 0 Å². The Labute approximate surface area is 87.1 Å². The van der Waals surface area contributed by atoms with E-state index in [2.05, 4.69) is 15.3 Å². The lowest BCUT2D eigenvalue weighted by Gasteiger charge is -2.10. The van der Waals surface area contributed by atoms with Gasteiger partial charge < -0.3 is 5.32 Å². The molecule has 7 heteroatoms. The van der Waals surface area contributed by atoms with Gasteiger partial charge in [-0.15, -0.1) is 0 Å². The molecule has 15 heavy (non-hydrogen) atoms. The number of azide groups is 1. The predicted octanol–water partition coefficient (Wildman–Crippen LogP) is 1.02. The van der Waals surface area contributed by atoms with Crippen molar-refractivity contribution in [3.05, 3.63) is 10.4 Å². The summed E-state index contributed by atoms with van der Waals surface area (Å²) in [5.74, 6) is -0.227. The number of carbonyl (C=O) groups is 2. The molecule has 7 nitrogen and oxygen atoms in total. The molecule has 0 aliphatic carbocycles. The van der Waals surface area contributed by atoms with Gasteiger partial charge in [-0.1, -0.05) is 18.5 Å². The maximum atomic E-state index is 11.6. The van der Waals surface area contributed by atoms with Crippen molar-refractivity contribution in [1.29, 1.82) is 0 Å². The van der Waals surface area contributed by atoms with Gasteiger partial charge in [0.05, 0.1) is 0 Å². The van der Waals surface area contributed by atoms with Gasteiger partial charge >= 0.3 is 6.03 Å². The highest BCUT2D eigenvalue weighted by Gasteiger charge is 2.36. The van der Waals surface area contributed by atoms with Crippen LogP contribution in [0.4, 0.5) is 4.79 Å². The molecule has 1 fully saturated rings. The van der Waals surface area contributed by atoms with E-state index in [-0.39, 0.29) is 19.0 Å².